The van der Waals surface area contributed by atoms with Gasteiger partial charge in [0.05, 0.1) is 6.10 Å². The van der Waals surface area contributed by atoms with Crippen LogP contribution in [0.3, 0.4) is 0 Å². The van der Waals surface area contributed by atoms with Gasteiger partial charge in [-0.3, -0.25) is 0 Å². The van der Waals surface area contributed by atoms with Crippen molar-refractivity contribution >= 4 is 19.9 Å². The highest BCUT2D eigenvalue weighted by atomic mass is 32.3. The minimum atomic E-state index is -3.76. The van der Waals surface area contributed by atoms with Crippen LogP contribution in [-0.4, -0.2) is 45.9 Å². The van der Waals surface area contributed by atoms with E-state index < -0.39 is 24.9 Å². The second-order valence-electron chi connectivity index (χ2n) is 4.34. The second kappa shape index (κ2) is 4.99. The number of hydrogen-bond acceptors (Lipinski definition) is 5. The Hall–Kier alpha value is -0.180. The predicted octanol–water partition coefficient (Wildman–Crippen LogP) is -0.931. The van der Waals surface area contributed by atoms with Crippen LogP contribution >= 0.6 is 0 Å². The number of sulfone groups is 1. The van der Waals surface area contributed by atoms with Gasteiger partial charge in [-0.25, -0.2) is 21.6 Å². The molecule has 6 nitrogen and oxygen atoms in total. The Bertz CT molecular complexity index is 427. The number of rotatable bonds is 5. The highest BCUT2D eigenvalue weighted by Crippen LogP contribution is 2.24. The summed E-state index contributed by atoms with van der Waals surface area (Å²) in [7, 11) is -7.30. The van der Waals surface area contributed by atoms with E-state index in [1.165, 1.54) is 0 Å². The van der Waals surface area contributed by atoms with E-state index in [1.54, 1.807) is 0 Å². The Morgan fingerprint density at radius 2 is 1.88 bits per heavy atom. The minimum absolute atomic E-state index is 0.101. The van der Waals surface area contributed by atoms with Crippen molar-refractivity contribution in [2.45, 2.75) is 25.4 Å². The molecule has 16 heavy (non-hydrogen) atoms. The van der Waals surface area contributed by atoms with Gasteiger partial charge in [0.2, 0.25) is 10.0 Å². The first-order valence-corrected chi connectivity index (χ1v) is 8.72. The van der Waals surface area contributed by atoms with Gasteiger partial charge in [0.25, 0.3) is 0 Å². The van der Waals surface area contributed by atoms with Crippen LogP contribution in [0.4, 0.5) is 0 Å². The molecule has 0 aromatic rings. The molecule has 0 spiro atoms. The molecule has 2 atom stereocenters. The smallest absolute Gasteiger partial charge is 0.226 e. The minimum Gasteiger partial charge on any atom is -0.393 e. The van der Waals surface area contributed by atoms with Gasteiger partial charge in [0.15, 0.2) is 14.9 Å². The van der Waals surface area contributed by atoms with E-state index in [9.17, 15) is 21.9 Å². The largest absolute Gasteiger partial charge is 0.393 e. The van der Waals surface area contributed by atoms with Crippen molar-refractivity contribution in [3.05, 3.63) is 0 Å². The van der Waals surface area contributed by atoms with Crippen LogP contribution in [-0.2, 0) is 19.9 Å². The lowest BCUT2D eigenvalue weighted by Crippen LogP contribution is -2.33. The van der Waals surface area contributed by atoms with Gasteiger partial charge in [0, 0.05) is 12.8 Å². The molecule has 1 rings (SSSR count). The van der Waals surface area contributed by atoms with Crippen LogP contribution in [0.5, 0.6) is 0 Å². The quantitative estimate of drug-likeness (QED) is 0.673. The fraction of sp³-hybridized carbons (Fsp3) is 1.00. The van der Waals surface area contributed by atoms with Crippen LogP contribution < -0.4 is 4.72 Å². The molecule has 0 bridgehead atoms. The highest BCUT2D eigenvalue weighted by Gasteiger charge is 2.25. The van der Waals surface area contributed by atoms with Gasteiger partial charge in [-0.05, 0) is 25.2 Å². The lowest BCUT2D eigenvalue weighted by Gasteiger charge is -2.10. The summed E-state index contributed by atoms with van der Waals surface area (Å²) in [6.45, 7) is 0.203. The normalized spacial score (nSPS) is 27.1. The van der Waals surface area contributed by atoms with E-state index in [0.717, 1.165) is 12.7 Å². The van der Waals surface area contributed by atoms with Crippen LogP contribution in [0.25, 0.3) is 0 Å². The number of sulfonamides is 1. The monoisotopic (exact) mass is 271 g/mol. The molecule has 1 aliphatic carbocycles. The maximum absolute atomic E-state index is 11.3. The Balaban J connectivity index is 2.43. The average molecular weight is 271 g/mol. The van der Waals surface area contributed by atoms with Crippen LogP contribution in [0.1, 0.15) is 19.3 Å². The first kappa shape index (κ1) is 13.9. The van der Waals surface area contributed by atoms with E-state index in [0.29, 0.717) is 12.8 Å². The highest BCUT2D eigenvalue weighted by molar-refractivity contribution is 8.06. The third-order valence-electron chi connectivity index (χ3n) is 2.47. The number of aliphatic hydroxyl groups excluding tert-OH is 1. The fourth-order valence-corrected chi connectivity index (χ4v) is 4.88. The Morgan fingerprint density at radius 3 is 2.31 bits per heavy atom. The Kier molecular flexibility index (Phi) is 4.33. The van der Waals surface area contributed by atoms with Gasteiger partial charge in [-0.2, -0.15) is 0 Å². The van der Waals surface area contributed by atoms with Gasteiger partial charge < -0.3 is 5.11 Å². The van der Waals surface area contributed by atoms with E-state index in [-0.39, 0.29) is 18.6 Å². The van der Waals surface area contributed by atoms with Crippen LogP contribution in [0.2, 0.25) is 0 Å². The summed E-state index contributed by atoms with van der Waals surface area (Å²) in [5.74, 6) is 0.101. The molecule has 0 amide bonds. The summed E-state index contributed by atoms with van der Waals surface area (Å²) in [4.78, 5) is 0. The lowest BCUT2D eigenvalue weighted by atomic mass is 10.1. The number of aliphatic hydroxyl groups is 1. The maximum Gasteiger partial charge on any atom is 0.226 e. The average Bonchev–Trinajstić information content (AvgIpc) is 2.44. The predicted molar refractivity (Wildman–Crippen MR) is 60.0 cm³/mol. The van der Waals surface area contributed by atoms with Gasteiger partial charge in [-0.15, -0.1) is 0 Å². The molecule has 0 heterocycles. The van der Waals surface area contributed by atoms with Crippen molar-refractivity contribution in [3.63, 3.8) is 0 Å². The Morgan fingerprint density at radius 1 is 1.25 bits per heavy atom. The standard InChI is InChI=1S/C8H17NO5S2/c1-15(11,12)6-16(13,14)9-5-7-2-3-8(10)4-7/h7-10H,2-6H2,1H3. The van der Waals surface area contributed by atoms with Crippen molar-refractivity contribution in [2.75, 3.05) is 17.9 Å². The van der Waals surface area contributed by atoms with E-state index >= 15 is 0 Å². The molecule has 2 N–H and O–H groups in total. The maximum atomic E-state index is 11.3. The second-order valence-corrected chi connectivity index (χ2v) is 8.65. The van der Waals surface area contributed by atoms with Gasteiger partial charge in [-0.1, -0.05) is 0 Å². The lowest BCUT2D eigenvalue weighted by molar-refractivity contribution is 0.178. The third kappa shape index (κ3) is 5.24. The summed E-state index contributed by atoms with van der Waals surface area (Å²) in [6.07, 6.45) is 2.54. The molecular formula is C8H17NO5S2. The molecule has 1 aliphatic rings. The third-order valence-corrected chi connectivity index (χ3v) is 6.04. The molecule has 1 saturated carbocycles. The van der Waals surface area contributed by atoms with Crippen LogP contribution in [0, 0.1) is 5.92 Å². The summed E-state index contributed by atoms with van der Waals surface area (Å²) in [5.41, 5.74) is 0. The number of hydrogen-bond donors (Lipinski definition) is 2. The molecule has 2 unspecified atom stereocenters. The van der Waals surface area contributed by atoms with E-state index in [2.05, 4.69) is 4.72 Å². The molecule has 8 heteroatoms. The summed E-state index contributed by atoms with van der Waals surface area (Å²) in [5, 5.41) is 8.36. The fourth-order valence-electron chi connectivity index (χ4n) is 1.80. The molecule has 0 radical (unpaired) electrons. The zero-order chi connectivity index (χ0) is 12.4. The zero-order valence-corrected chi connectivity index (χ0v) is 10.7. The van der Waals surface area contributed by atoms with Crippen molar-refractivity contribution in [3.8, 4) is 0 Å². The summed E-state index contributed by atoms with van der Waals surface area (Å²) in [6, 6.07) is 0. The van der Waals surface area contributed by atoms with Crippen molar-refractivity contribution in [1.82, 2.24) is 4.72 Å². The van der Waals surface area contributed by atoms with Gasteiger partial charge >= 0.3 is 0 Å². The summed E-state index contributed by atoms with van der Waals surface area (Å²) >= 11 is 0. The van der Waals surface area contributed by atoms with E-state index in [4.69, 9.17) is 0 Å². The zero-order valence-electron chi connectivity index (χ0n) is 9.09. The SMILES string of the molecule is CS(=O)(=O)CS(=O)(=O)NCC1CCC(O)C1. The van der Waals surface area contributed by atoms with Crippen molar-refractivity contribution < 1.29 is 21.9 Å². The molecule has 1 fully saturated rings. The molecule has 0 aliphatic heterocycles. The molecule has 0 saturated heterocycles. The summed E-state index contributed by atoms with van der Waals surface area (Å²) < 4.78 is 46.6. The molecular weight excluding hydrogens is 254 g/mol. The Labute approximate surface area is 96.0 Å². The molecule has 0 aromatic heterocycles. The van der Waals surface area contributed by atoms with Crippen LogP contribution in [0.15, 0.2) is 0 Å². The number of nitrogens with one attached hydrogen (secondary N) is 1. The van der Waals surface area contributed by atoms with Gasteiger partial charge in [0.1, 0.15) is 0 Å². The van der Waals surface area contributed by atoms with Crippen molar-refractivity contribution in [1.29, 1.82) is 0 Å². The molecule has 0 aromatic carbocycles. The topological polar surface area (TPSA) is 101 Å². The molecule has 96 valence electrons. The van der Waals surface area contributed by atoms with Crippen molar-refractivity contribution in [2.24, 2.45) is 5.92 Å². The first-order valence-electron chi connectivity index (χ1n) is 5.01. The first-order chi connectivity index (χ1) is 7.18. The van der Waals surface area contributed by atoms with E-state index in [1.807, 2.05) is 0 Å².